The second kappa shape index (κ2) is 7.26. The van der Waals surface area contributed by atoms with Crippen molar-refractivity contribution in [3.8, 4) is 0 Å². The van der Waals surface area contributed by atoms with E-state index in [9.17, 15) is 13.6 Å². The van der Waals surface area contributed by atoms with Gasteiger partial charge in [0.1, 0.15) is 23.0 Å². The summed E-state index contributed by atoms with van der Waals surface area (Å²) in [5, 5.41) is 2.51. The molecule has 1 N–H and O–H groups in total. The van der Waals surface area contributed by atoms with E-state index >= 15 is 0 Å². The van der Waals surface area contributed by atoms with Crippen LogP contribution in [-0.2, 0) is 0 Å². The average molecular weight is 354 g/mol. The first kappa shape index (κ1) is 17.5. The summed E-state index contributed by atoms with van der Waals surface area (Å²) in [4.78, 5) is 22.3. The molecule has 0 aliphatic carbocycles. The van der Waals surface area contributed by atoms with E-state index in [4.69, 9.17) is 0 Å². The van der Waals surface area contributed by atoms with Gasteiger partial charge >= 0.3 is 0 Å². The van der Waals surface area contributed by atoms with Crippen LogP contribution in [0.25, 0.3) is 0 Å². The molecule has 0 atom stereocenters. The smallest absolute Gasteiger partial charge is 0.276 e. The molecule has 1 heterocycles. The first-order chi connectivity index (χ1) is 12.5. The monoisotopic (exact) mass is 354 g/mol. The Morgan fingerprint density at radius 2 is 1.65 bits per heavy atom. The van der Waals surface area contributed by atoms with Gasteiger partial charge in [0.25, 0.3) is 5.91 Å². The molecule has 1 aromatic heterocycles. The number of hydrogen-bond donors (Lipinski definition) is 1. The predicted molar refractivity (Wildman–Crippen MR) is 95.6 cm³/mol. The third kappa shape index (κ3) is 3.66. The summed E-state index contributed by atoms with van der Waals surface area (Å²) < 4.78 is 27.6. The number of nitrogens with zero attached hydrogens (tertiary/aromatic N) is 3. The number of aryl methyl sites for hydroxylation is 1. The number of carbonyl (C=O) groups is 1. The van der Waals surface area contributed by atoms with Crippen molar-refractivity contribution < 1.29 is 13.6 Å². The van der Waals surface area contributed by atoms with Crippen molar-refractivity contribution in [3.63, 3.8) is 0 Å². The van der Waals surface area contributed by atoms with Gasteiger partial charge in [0, 0.05) is 18.4 Å². The normalized spacial score (nSPS) is 10.5. The Morgan fingerprint density at radius 1 is 1.00 bits per heavy atom. The van der Waals surface area contributed by atoms with Crippen LogP contribution >= 0.6 is 0 Å². The van der Waals surface area contributed by atoms with Gasteiger partial charge in [-0.25, -0.2) is 18.7 Å². The number of carbonyl (C=O) groups excluding carboxylic acids is 1. The Bertz CT molecular complexity index is 927. The summed E-state index contributed by atoms with van der Waals surface area (Å²) in [5.74, 6) is -1.97. The van der Waals surface area contributed by atoms with Crippen molar-refractivity contribution in [2.24, 2.45) is 0 Å². The molecule has 5 nitrogen and oxygen atoms in total. The van der Waals surface area contributed by atoms with E-state index < -0.39 is 11.6 Å². The number of benzene rings is 2. The zero-order chi connectivity index (χ0) is 18.7. The predicted octanol–water partition coefficient (Wildman–Crippen LogP) is 4.08. The zero-order valence-electron chi connectivity index (χ0n) is 14.2. The van der Waals surface area contributed by atoms with E-state index in [0.29, 0.717) is 11.4 Å². The number of halogens is 2. The van der Waals surface area contributed by atoms with Crippen LogP contribution < -0.4 is 10.2 Å². The minimum Gasteiger partial charge on any atom is -0.319 e. The Kier molecular flexibility index (Phi) is 4.88. The fourth-order valence-electron chi connectivity index (χ4n) is 2.40. The maximum absolute atomic E-state index is 13.8. The number of para-hydroxylation sites is 2. The highest BCUT2D eigenvalue weighted by Crippen LogP contribution is 2.22. The quantitative estimate of drug-likeness (QED) is 0.767. The highest BCUT2D eigenvalue weighted by molar-refractivity contribution is 6.04. The first-order valence-electron chi connectivity index (χ1n) is 7.85. The molecule has 3 aromatic rings. The highest BCUT2D eigenvalue weighted by atomic mass is 19.1. The van der Waals surface area contributed by atoms with E-state index in [-0.39, 0.29) is 23.2 Å². The molecule has 7 heteroatoms. The minimum absolute atomic E-state index is 0.0567. The van der Waals surface area contributed by atoms with Crippen LogP contribution in [0.3, 0.4) is 0 Å². The van der Waals surface area contributed by atoms with Crippen LogP contribution in [0, 0.1) is 18.6 Å². The summed E-state index contributed by atoms with van der Waals surface area (Å²) in [6, 6.07) is 14.1. The number of hydrogen-bond acceptors (Lipinski definition) is 4. The molecule has 3 rings (SSSR count). The molecule has 0 radical (unpaired) electrons. The van der Waals surface area contributed by atoms with Crippen molar-refractivity contribution >= 4 is 23.2 Å². The molecule has 0 saturated heterocycles. The molecule has 0 bridgehead atoms. The number of aromatic nitrogens is 2. The Hall–Kier alpha value is -3.35. The maximum Gasteiger partial charge on any atom is 0.276 e. The van der Waals surface area contributed by atoms with Gasteiger partial charge in [-0.15, -0.1) is 0 Å². The topological polar surface area (TPSA) is 58.1 Å². The van der Waals surface area contributed by atoms with Crippen LogP contribution in [0.5, 0.6) is 0 Å². The fraction of sp³-hybridized carbons (Fsp3) is 0.105. The van der Waals surface area contributed by atoms with Gasteiger partial charge in [-0.2, -0.15) is 0 Å². The second-order valence-electron chi connectivity index (χ2n) is 5.64. The van der Waals surface area contributed by atoms with Crippen LogP contribution in [-0.4, -0.2) is 22.9 Å². The Labute approximate surface area is 149 Å². The summed E-state index contributed by atoms with van der Waals surface area (Å²) >= 11 is 0. The molecular formula is C19H16F2N4O. The van der Waals surface area contributed by atoms with Crippen molar-refractivity contribution in [1.82, 2.24) is 9.97 Å². The highest BCUT2D eigenvalue weighted by Gasteiger charge is 2.18. The summed E-state index contributed by atoms with van der Waals surface area (Å²) in [7, 11) is 1.62. The van der Waals surface area contributed by atoms with E-state index in [1.165, 1.54) is 17.0 Å². The van der Waals surface area contributed by atoms with Gasteiger partial charge in [0.2, 0.25) is 5.95 Å². The molecule has 0 fully saturated rings. The molecule has 0 saturated carbocycles. The number of nitrogens with one attached hydrogen (secondary N) is 1. The molecule has 1 amide bonds. The molecular weight excluding hydrogens is 338 g/mol. The molecule has 2 aromatic carbocycles. The van der Waals surface area contributed by atoms with Gasteiger partial charge in [0.05, 0.1) is 0 Å². The van der Waals surface area contributed by atoms with Crippen molar-refractivity contribution in [1.29, 1.82) is 0 Å². The largest absolute Gasteiger partial charge is 0.319 e. The van der Waals surface area contributed by atoms with E-state index in [0.717, 1.165) is 12.1 Å². The number of amides is 1. The lowest BCUT2D eigenvalue weighted by Gasteiger charge is -2.17. The maximum atomic E-state index is 13.8. The van der Waals surface area contributed by atoms with Crippen molar-refractivity contribution in [2.75, 3.05) is 17.3 Å². The van der Waals surface area contributed by atoms with E-state index in [1.54, 1.807) is 26.1 Å². The fourth-order valence-corrected chi connectivity index (χ4v) is 2.40. The van der Waals surface area contributed by atoms with E-state index in [2.05, 4.69) is 15.3 Å². The lowest BCUT2D eigenvalue weighted by atomic mass is 10.2. The van der Waals surface area contributed by atoms with Crippen LogP contribution in [0.2, 0.25) is 0 Å². The Morgan fingerprint density at radius 3 is 2.31 bits per heavy atom. The van der Waals surface area contributed by atoms with Crippen molar-refractivity contribution in [2.45, 2.75) is 6.92 Å². The lowest BCUT2D eigenvalue weighted by Crippen LogP contribution is -2.27. The first-order valence-corrected chi connectivity index (χ1v) is 7.85. The van der Waals surface area contributed by atoms with Gasteiger partial charge in [-0.05, 0) is 37.3 Å². The molecule has 26 heavy (non-hydrogen) atoms. The van der Waals surface area contributed by atoms with Gasteiger partial charge in [0.15, 0.2) is 0 Å². The average Bonchev–Trinajstić information content (AvgIpc) is 2.64. The third-order valence-corrected chi connectivity index (χ3v) is 3.72. The lowest BCUT2D eigenvalue weighted by molar-refractivity contribution is 0.0988. The zero-order valence-corrected chi connectivity index (χ0v) is 14.2. The molecule has 132 valence electrons. The summed E-state index contributed by atoms with van der Waals surface area (Å²) in [6.07, 6.45) is 0. The second-order valence-corrected chi connectivity index (χ2v) is 5.64. The molecule has 0 aliphatic rings. The molecule has 0 spiro atoms. The van der Waals surface area contributed by atoms with Gasteiger partial charge in [-0.3, -0.25) is 4.79 Å². The minimum atomic E-state index is -0.774. The van der Waals surface area contributed by atoms with E-state index in [1.807, 2.05) is 18.2 Å². The summed E-state index contributed by atoms with van der Waals surface area (Å²) in [6.45, 7) is 1.67. The van der Waals surface area contributed by atoms with Gasteiger partial charge < -0.3 is 10.2 Å². The number of rotatable bonds is 4. The third-order valence-electron chi connectivity index (χ3n) is 3.72. The van der Waals surface area contributed by atoms with Crippen molar-refractivity contribution in [3.05, 3.63) is 77.6 Å². The molecule has 0 aliphatic heterocycles. The van der Waals surface area contributed by atoms with Crippen LogP contribution in [0.4, 0.5) is 26.1 Å². The number of anilines is 3. The summed E-state index contributed by atoms with van der Waals surface area (Å²) in [5.41, 5.74) is 0.934. The Balaban J connectivity index is 1.92. The standard InChI is InChI=1S/C19H16F2N4O/c1-12-11-16(18(26)25(2)13-7-4-3-5-8-13)23-19(22-12)24-17-14(20)9-6-10-15(17)21/h3-11H,1-2H3,(H,22,23,24). The SMILES string of the molecule is Cc1cc(C(=O)N(C)c2ccccc2)nc(Nc2c(F)cccc2F)n1. The van der Waals surface area contributed by atoms with Crippen LogP contribution in [0.1, 0.15) is 16.2 Å². The van der Waals surface area contributed by atoms with Crippen LogP contribution in [0.15, 0.2) is 54.6 Å². The molecule has 0 unspecified atom stereocenters. The van der Waals surface area contributed by atoms with Gasteiger partial charge in [-0.1, -0.05) is 24.3 Å².